The van der Waals surface area contributed by atoms with Crippen molar-refractivity contribution in [2.75, 3.05) is 20.3 Å². The lowest BCUT2D eigenvalue weighted by Crippen LogP contribution is -2.25. The zero-order chi connectivity index (χ0) is 12.7. The van der Waals surface area contributed by atoms with Crippen LogP contribution in [0.15, 0.2) is 24.3 Å². The number of methoxy groups -OCH3 is 1. The van der Waals surface area contributed by atoms with Crippen molar-refractivity contribution < 1.29 is 9.47 Å². The van der Waals surface area contributed by atoms with E-state index >= 15 is 0 Å². The van der Waals surface area contributed by atoms with Gasteiger partial charge in [-0.2, -0.15) is 0 Å². The average Bonchev–Trinajstić information content (AvgIpc) is 2.30. The zero-order valence-electron chi connectivity index (χ0n) is 11.0. The first-order chi connectivity index (χ1) is 8.07. The Morgan fingerprint density at radius 2 is 2.06 bits per heavy atom. The molecular weight excluding hydrogens is 214 g/mol. The van der Waals surface area contributed by atoms with Crippen LogP contribution < -0.4 is 10.5 Å². The van der Waals surface area contributed by atoms with Gasteiger partial charge < -0.3 is 15.2 Å². The molecule has 0 aliphatic rings. The summed E-state index contributed by atoms with van der Waals surface area (Å²) in [5, 5.41) is 0. The second kappa shape index (κ2) is 6.62. The Bertz CT molecular complexity index is 337. The average molecular weight is 237 g/mol. The van der Waals surface area contributed by atoms with Gasteiger partial charge in [-0.25, -0.2) is 0 Å². The summed E-state index contributed by atoms with van der Waals surface area (Å²) in [6.07, 6.45) is 0.956. The number of benzene rings is 1. The van der Waals surface area contributed by atoms with Crippen molar-refractivity contribution in [3.8, 4) is 5.75 Å². The molecule has 0 amide bonds. The van der Waals surface area contributed by atoms with Gasteiger partial charge in [-0.05, 0) is 36.1 Å². The minimum Gasteiger partial charge on any atom is -0.494 e. The van der Waals surface area contributed by atoms with Crippen LogP contribution in [0.5, 0.6) is 5.75 Å². The second-order valence-corrected chi connectivity index (χ2v) is 5.05. The summed E-state index contributed by atoms with van der Waals surface area (Å²) in [5.41, 5.74) is 6.95. The maximum Gasteiger partial charge on any atom is 0.119 e. The van der Waals surface area contributed by atoms with Crippen LogP contribution in [0.1, 0.15) is 25.8 Å². The molecule has 1 aromatic carbocycles. The van der Waals surface area contributed by atoms with E-state index < -0.39 is 0 Å². The first kappa shape index (κ1) is 14.0. The summed E-state index contributed by atoms with van der Waals surface area (Å²) in [7, 11) is 1.69. The first-order valence-electron chi connectivity index (χ1n) is 5.98. The third-order valence-corrected chi connectivity index (χ3v) is 2.81. The molecule has 0 saturated heterocycles. The van der Waals surface area contributed by atoms with Crippen LogP contribution in [0.3, 0.4) is 0 Å². The monoisotopic (exact) mass is 237 g/mol. The van der Waals surface area contributed by atoms with Gasteiger partial charge in [0, 0.05) is 7.11 Å². The Labute approximate surface area is 104 Å². The lowest BCUT2D eigenvalue weighted by atomic mass is 9.90. The predicted octanol–water partition coefficient (Wildman–Crippen LogP) is 2.59. The predicted molar refractivity (Wildman–Crippen MR) is 70.1 cm³/mol. The molecule has 0 aliphatic carbocycles. The standard InChI is InChI=1S/C14H23NO2/c1-14(2,11-15)7-8-17-13-6-4-5-12(9-13)10-16-3/h4-6,9H,7-8,10-11,15H2,1-3H3. The van der Waals surface area contributed by atoms with E-state index in [0.29, 0.717) is 19.8 Å². The van der Waals surface area contributed by atoms with Gasteiger partial charge in [-0.3, -0.25) is 0 Å². The minimum absolute atomic E-state index is 0.143. The summed E-state index contributed by atoms with van der Waals surface area (Å²) < 4.78 is 10.8. The SMILES string of the molecule is COCc1cccc(OCCC(C)(C)CN)c1. The summed E-state index contributed by atoms with van der Waals surface area (Å²) >= 11 is 0. The Kier molecular flexibility index (Phi) is 5.45. The van der Waals surface area contributed by atoms with Gasteiger partial charge in [0.25, 0.3) is 0 Å². The van der Waals surface area contributed by atoms with Crippen LogP contribution in [-0.4, -0.2) is 20.3 Å². The van der Waals surface area contributed by atoms with E-state index in [0.717, 1.165) is 17.7 Å². The molecule has 1 aromatic rings. The van der Waals surface area contributed by atoms with E-state index in [9.17, 15) is 0 Å². The Balaban J connectivity index is 2.44. The molecule has 1 rings (SSSR count). The molecule has 0 aliphatic heterocycles. The van der Waals surface area contributed by atoms with Crippen LogP contribution >= 0.6 is 0 Å². The fraction of sp³-hybridized carbons (Fsp3) is 0.571. The molecule has 0 aromatic heterocycles. The van der Waals surface area contributed by atoms with Gasteiger partial charge in [0.1, 0.15) is 5.75 Å². The van der Waals surface area contributed by atoms with Crippen LogP contribution in [0, 0.1) is 5.41 Å². The third kappa shape index (κ3) is 5.20. The van der Waals surface area contributed by atoms with Crippen LogP contribution in [0.4, 0.5) is 0 Å². The number of hydrogen-bond donors (Lipinski definition) is 1. The summed E-state index contributed by atoms with van der Waals surface area (Å²) in [5.74, 6) is 0.896. The molecule has 0 atom stereocenters. The normalized spacial score (nSPS) is 11.5. The van der Waals surface area contributed by atoms with Gasteiger partial charge in [0.2, 0.25) is 0 Å². The molecule has 2 N–H and O–H groups in total. The summed E-state index contributed by atoms with van der Waals surface area (Å²) in [4.78, 5) is 0. The highest BCUT2D eigenvalue weighted by Crippen LogP contribution is 2.20. The highest BCUT2D eigenvalue weighted by Gasteiger charge is 2.15. The van der Waals surface area contributed by atoms with Gasteiger partial charge in [0.05, 0.1) is 13.2 Å². The summed E-state index contributed by atoms with van der Waals surface area (Å²) in [6.45, 7) is 6.29. The molecule has 17 heavy (non-hydrogen) atoms. The maximum atomic E-state index is 5.72. The third-order valence-electron chi connectivity index (χ3n) is 2.81. The molecule has 3 heteroatoms. The smallest absolute Gasteiger partial charge is 0.119 e. The number of nitrogens with two attached hydrogens (primary N) is 1. The molecule has 96 valence electrons. The fourth-order valence-corrected chi connectivity index (χ4v) is 1.44. The lowest BCUT2D eigenvalue weighted by Gasteiger charge is -2.22. The van der Waals surface area contributed by atoms with E-state index in [1.54, 1.807) is 7.11 Å². The minimum atomic E-state index is 0.143. The topological polar surface area (TPSA) is 44.5 Å². The van der Waals surface area contributed by atoms with E-state index in [4.69, 9.17) is 15.2 Å². The molecule has 0 fully saturated rings. The van der Waals surface area contributed by atoms with Crippen molar-refractivity contribution in [1.29, 1.82) is 0 Å². The molecule has 0 saturated carbocycles. The van der Waals surface area contributed by atoms with E-state index in [-0.39, 0.29) is 5.41 Å². The summed E-state index contributed by atoms with van der Waals surface area (Å²) in [6, 6.07) is 7.99. The maximum absolute atomic E-state index is 5.72. The van der Waals surface area contributed by atoms with Crippen molar-refractivity contribution in [2.24, 2.45) is 11.1 Å². The molecule has 0 radical (unpaired) electrons. The van der Waals surface area contributed by atoms with Gasteiger partial charge >= 0.3 is 0 Å². The first-order valence-corrected chi connectivity index (χ1v) is 5.98. The van der Waals surface area contributed by atoms with Crippen molar-refractivity contribution in [3.63, 3.8) is 0 Å². The van der Waals surface area contributed by atoms with Crippen LogP contribution in [-0.2, 0) is 11.3 Å². The zero-order valence-corrected chi connectivity index (χ0v) is 11.0. The van der Waals surface area contributed by atoms with E-state index in [1.807, 2.05) is 24.3 Å². The van der Waals surface area contributed by atoms with Gasteiger partial charge in [-0.15, -0.1) is 0 Å². The Hall–Kier alpha value is -1.06. The number of hydrogen-bond acceptors (Lipinski definition) is 3. The van der Waals surface area contributed by atoms with Crippen molar-refractivity contribution in [3.05, 3.63) is 29.8 Å². The molecular formula is C14H23NO2. The molecule has 0 unspecified atom stereocenters. The lowest BCUT2D eigenvalue weighted by molar-refractivity contribution is 0.184. The quantitative estimate of drug-likeness (QED) is 0.792. The molecule has 0 bridgehead atoms. The number of rotatable bonds is 7. The largest absolute Gasteiger partial charge is 0.494 e. The van der Waals surface area contributed by atoms with E-state index in [1.165, 1.54) is 0 Å². The second-order valence-electron chi connectivity index (χ2n) is 5.05. The van der Waals surface area contributed by atoms with E-state index in [2.05, 4.69) is 13.8 Å². The van der Waals surface area contributed by atoms with Gasteiger partial charge in [0.15, 0.2) is 0 Å². The van der Waals surface area contributed by atoms with Crippen LogP contribution in [0.25, 0.3) is 0 Å². The molecule has 0 heterocycles. The Morgan fingerprint density at radius 3 is 2.71 bits per heavy atom. The number of ether oxygens (including phenoxy) is 2. The highest BCUT2D eigenvalue weighted by molar-refractivity contribution is 5.28. The van der Waals surface area contributed by atoms with Crippen LogP contribution in [0.2, 0.25) is 0 Å². The van der Waals surface area contributed by atoms with Crippen molar-refractivity contribution >= 4 is 0 Å². The molecule has 3 nitrogen and oxygen atoms in total. The Morgan fingerprint density at radius 1 is 1.29 bits per heavy atom. The van der Waals surface area contributed by atoms with Crippen molar-refractivity contribution in [1.82, 2.24) is 0 Å². The van der Waals surface area contributed by atoms with Crippen molar-refractivity contribution in [2.45, 2.75) is 26.9 Å². The molecule has 0 spiro atoms. The van der Waals surface area contributed by atoms with Gasteiger partial charge in [-0.1, -0.05) is 26.0 Å². The highest BCUT2D eigenvalue weighted by atomic mass is 16.5. The fourth-order valence-electron chi connectivity index (χ4n) is 1.44.